The van der Waals surface area contributed by atoms with Crippen LogP contribution >= 0.6 is 0 Å². The molecule has 0 fully saturated rings. The topological polar surface area (TPSA) is 83.6 Å². The summed E-state index contributed by atoms with van der Waals surface area (Å²) in [6, 6.07) is 5.46. The highest BCUT2D eigenvalue weighted by Gasteiger charge is 2.07. The van der Waals surface area contributed by atoms with Crippen LogP contribution in [0.25, 0.3) is 0 Å². The summed E-state index contributed by atoms with van der Waals surface area (Å²) in [5, 5.41) is 28.0. The molecule has 0 heterocycles. The normalized spacial score (nSPS) is 12.9. The SMILES string of the molecule is O=[N+]([O-])c1ccc(C(O)/C=C/O)cc1. The van der Waals surface area contributed by atoms with Gasteiger partial charge in [-0.15, -0.1) is 0 Å². The fourth-order valence-electron chi connectivity index (χ4n) is 0.986. The summed E-state index contributed by atoms with van der Waals surface area (Å²) in [6.07, 6.45) is 0.952. The van der Waals surface area contributed by atoms with Crippen molar-refractivity contribution in [3.8, 4) is 0 Å². The quantitative estimate of drug-likeness (QED) is 0.436. The van der Waals surface area contributed by atoms with Crippen LogP contribution in [0.3, 0.4) is 0 Å². The molecule has 5 nitrogen and oxygen atoms in total. The van der Waals surface area contributed by atoms with Crippen molar-refractivity contribution in [1.29, 1.82) is 0 Å². The maximum Gasteiger partial charge on any atom is 0.269 e. The molecule has 2 N–H and O–H groups in total. The molecular formula is C9H9NO4. The van der Waals surface area contributed by atoms with Crippen LogP contribution in [0.1, 0.15) is 11.7 Å². The van der Waals surface area contributed by atoms with Crippen LogP contribution in [0, 0.1) is 10.1 Å². The number of aliphatic hydroxyl groups is 2. The summed E-state index contributed by atoms with van der Waals surface area (Å²) in [5.74, 6) is 0. The van der Waals surface area contributed by atoms with Crippen molar-refractivity contribution in [3.05, 3.63) is 52.3 Å². The summed E-state index contributed by atoms with van der Waals surface area (Å²) in [4.78, 5) is 9.78. The fourth-order valence-corrected chi connectivity index (χ4v) is 0.986. The molecule has 0 radical (unpaired) electrons. The minimum absolute atomic E-state index is 0.0334. The molecule has 1 atom stereocenters. The third-order valence-corrected chi connectivity index (χ3v) is 1.71. The molecule has 0 saturated heterocycles. The lowest BCUT2D eigenvalue weighted by Crippen LogP contribution is -1.94. The first-order chi connectivity index (χ1) is 6.65. The maximum atomic E-state index is 10.3. The Bertz CT molecular complexity index is 344. The lowest BCUT2D eigenvalue weighted by atomic mass is 10.1. The van der Waals surface area contributed by atoms with E-state index >= 15 is 0 Å². The van der Waals surface area contributed by atoms with Crippen molar-refractivity contribution in [3.63, 3.8) is 0 Å². The van der Waals surface area contributed by atoms with E-state index in [1.54, 1.807) is 0 Å². The zero-order valence-electron chi connectivity index (χ0n) is 7.20. The van der Waals surface area contributed by atoms with Gasteiger partial charge in [-0.1, -0.05) is 0 Å². The molecule has 1 aromatic rings. The Labute approximate surface area is 80.1 Å². The molecule has 0 aliphatic rings. The maximum absolute atomic E-state index is 10.3. The monoisotopic (exact) mass is 195 g/mol. The zero-order valence-corrected chi connectivity index (χ0v) is 7.20. The molecule has 0 aliphatic carbocycles. The van der Waals surface area contributed by atoms with Crippen molar-refractivity contribution in [2.24, 2.45) is 0 Å². The van der Waals surface area contributed by atoms with Crippen LogP contribution in [-0.2, 0) is 0 Å². The van der Waals surface area contributed by atoms with Gasteiger partial charge in [-0.25, -0.2) is 0 Å². The van der Waals surface area contributed by atoms with Gasteiger partial charge in [0, 0.05) is 12.1 Å². The number of aliphatic hydroxyl groups excluding tert-OH is 2. The molecule has 0 saturated carbocycles. The first-order valence-electron chi connectivity index (χ1n) is 3.88. The van der Waals surface area contributed by atoms with E-state index in [0.29, 0.717) is 5.56 Å². The Morgan fingerprint density at radius 3 is 2.36 bits per heavy atom. The van der Waals surface area contributed by atoms with Crippen molar-refractivity contribution >= 4 is 5.69 Å². The average molecular weight is 195 g/mol. The smallest absolute Gasteiger partial charge is 0.269 e. The van der Waals surface area contributed by atoms with E-state index in [2.05, 4.69) is 0 Å². The number of nitrogens with zero attached hydrogens (tertiary/aromatic N) is 1. The van der Waals surface area contributed by atoms with Crippen molar-refractivity contribution < 1.29 is 15.1 Å². The van der Waals surface area contributed by atoms with Crippen LogP contribution in [0.2, 0.25) is 0 Å². The third kappa shape index (κ3) is 2.30. The van der Waals surface area contributed by atoms with Crippen LogP contribution < -0.4 is 0 Å². The highest BCUT2D eigenvalue weighted by atomic mass is 16.6. The van der Waals surface area contributed by atoms with E-state index in [1.165, 1.54) is 30.3 Å². The molecule has 0 spiro atoms. The van der Waals surface area contributed by atoms with E-state index < -0.39 is 11.0 Å². The molecule has 5 heteroatoms. The lowest BCUT2D eigenvalue weighted by molar-refractivity contribution is -0.384. The summed E-state index contributed by atoms with van der Waals surface area (Å²) in [7, 11) is 0. The summed E-state index contributed by atoms with van der Waals surface area (Å²) in [6.45, 7) is 0. The van der Waals surface area contributed by atoms with Crippen LogP contribution in [0.4, 0.5) is 5.69 Å². The molecule has 1 unspecified atom stereocenters. The van der Waals surface area contributed by atoms with Crippen LogP contribution in [0.5, 0.6) is 0 Å². The van der Waals surface area contributed by atoms with Gasteiger partial charge in [0.2, 0.25) is 0 Å². The van der Waals surface area contributed by atoms with Crippen molar-refractivity contribution in [2.45, 2.75) is 6.10 Å². The van der Waals surface area contributed by atoms with Gasteiger partial charge in [0.05, 0.1) is 11.2 Å². The van der Waals surface area contributed by atoms with Crippen LogP contribution in [0.15, 0.2) is 36.6 Å². The number of rotatable bonds is 3. The number of nitro groups is 1. The van der Waals surface area contributed by atoms with E-state index in [0.717, 1.165) is 6.26 Å². The second kappa shape index (κ2) is 4.38. The highest BCUT2D eigenvalue weighted by Crippen LogP contribution is 2.18. The van der Waals surface area contributed by atoms with Gasteiger partial charge < -0.3 is 10.2 Å². The fraction of sp³-hybridized carbons (Fsp3) is 0.111. The van der Waals surface area contributed by atoms with E-state index in [4.69, 9.17) is 5.11 Å². The number of hydrogen-bond acceptors (Lipinski definition) is 4. The molecule has 0 aromatic heterocycles. The van der Waals surface area contributed by atoms with Gasteiger partial charge in [0.25, 0.3) is 5.69 Å². The number of hydrogen-bond donors (Lipinski definition) is 2. The number of non-ortho nitro benzene ring substituents is 1. The predicted molar refractivity (Wildman–Crippen MR) is 49.8 cm³/mol. The van der Waals surface area contributed by atoms with Gasteiger partial charge in [-0.3, -0.25) is 10.1 Å². The van der Waals surface area contributed by atoms with E-state index in [9.17, 15) is 15.2 Å². The zero-order chi connectivity index (χ0) is 10.6. The van der Waals surface area contributed by atoms with Gasteiger partial charge >= 0.3 is 0 Å². The minimum atomic E-state index is -0.944. The molecule has 0 aliphatic heterocycles. The largest absolute Gasteiger partial charge is 0.516 e. The summed E-state index contributed by atoms with van der Waals surface area (Å²) < 4.78 is 0. The summed E-state index contributed by atoms with van der Waals surface area (Å²) in [5.41, 5.74) is 0.454. The van der Waals surface area contributed by atoms with Gasteiger partial charge in [0.1, 0.15) is 6.10 Å². The van der Waals surface area contributed by atoms with E-state index in [1.807, 2.05) is 0 Å². The third-order valence-electron chi connectivity index (χ3n) is 1.71. The van der Waals surface area contributed by atoms with Crippen LogP contribution in [-0.4, -0.2) is 15.1 Å². The Morgan fingerprint density at radius 2 is 1.93 bits per heavy atom. The second-order valence-corrected chi connectivity index (χ2v) is 2.64. The second-order valence-electron chi connectivity index (χ2n) is 2.64. The Hall–Kier alpha value is -1.88. The average Bonchev–Trinajstić information content (AvgIpc) is 2.18. The molecule has 1 rings (SSSR count). The molecular weight excluding hydrogens is 186 g/mol. The van der Waals surface area contributed by atoms with Gasteiger partial charge in [0.15, 0.2) is 0 Å². The van der Waals surface area contributed by atoms with Crippen molar-refractivity contribution in [1.82, 2.24) is 0 Å². The Morgan fingerprint density at radius 1 is 1.36 bits per heavy atom. The molecule has 1 aromatic carbocycles. The van der Waals surface area contributed by atoms with Gasteiger partial charge in [-0.05, 0) is 23.8 Å². The molecule has 74 valence electrons. The molecule has 14 heavy (non-hydrogen) atoms. The predicted octanol–water partition coefficient (Wildman–Crippen LogP) is 1.70. The number of benzene rings is 1. The highest BCUT2D eigenvalue weighted by molar-refractivity contribution is 5.34. The first kappa shape index (κ1) is 10.2. The number of nitro benzene ring substituents is 1. The Kier molecular flexibility index (Phi) is 3.19. The summed E-state index contributed by atoms with van der Waals surface area (Å²) >= 11 is 0. The standard InChI is InChI=1S/C9H9NO4/c11-6-5-9(12)7-1-3-8(4-2-7)10(13)14/h1-6,9,11-12H/b6-5+. The molecule has 0 amide bonds. The first-order valence-corrected chi connectivity index (χ1v) is 3.88. The van der Waals surface area contributed by atoms with Crippen molar-refractivity contribution in [2.75, 3.05) is 0 Å². The minimum Gasteiger partial charge on any atom is -0.516 e. The van der Waals surface area contributed by atoms with E-state index in [-0.39, 0.29) is 5.69 Å². The molecule has 0 bridgehead atoms. The van der Waals surface area contributed by atoms with Gasteiger partial charge in [-0.2, -0.15) is 0 Å². The Balaban J connectivity index is 2.88. The lowest BCUT2D eigenvalue weighted by Gasteiger charge is -2.03.